The molecule has 0 saturated carbocycles. The Bertz CT molecular complexity index is 383. The van der Waals surface area contributed by atoms with E-state index < -0.39 is 0 Å². The lowest BCUT2D eigenvalue weighted by molar-refractivity contribution is -0.122. The fourth-order valence-corrected chi connectivity index (χ4v) is 1.70. The molecule has 3 N–H and O–H groups in total. The van der Waals surface area contributed by atoms with E-state index in [1.807, 2.05) is 32.9 Å². The molecule has 116 valence electrons. The van der Waals surface area contributed by atoms with Gasteiger partial charge in [-0.25, -0.2) is 0 Å². The van der Waals surface area contributed by atoms with Crippen LogP contribution in [0, 0.1) is 0 Å². The number of nitrogens with one attached hydrogen (secondary N) is 1. The SMILES string of the molecule is CCC(N)(CC)CNC(=O)C(C)c1cccnc1.Cl.Cl. The van der Waals surface area contributed by atoms with E-state index in [0.717, 1.165) is 18.4 Å². The van der Waals surface area contributed by atoms with E-state index >= 15 is 0 Å². The molecule has 4 nitrogen and oxygen atoms in total. The third-order valence-corrected chi connectivity index (χ3v) is 3.60. The maximum absolute atomic E-state index is 12.0. The number of rotatable bonds is 6. The largest absolute Gasteiger partial charge is 0.354 e. The molecule has 1 atom stereocenters. The first-order valence-electron chi connectivity index (χ1n) is 6.49. The maximum atomic E-state index is 12.0. The Labute approximate surface area is 133 Å². The lowest BCUT2D eigenvalue weighted by Crippen LogP contribution is -2.49. The van der Waals surface area contributed by atoms with Crippen LogP contribution in [0.15, 0.2) is 24.5 Å². The molecule has 0 aliphatic heterocycles. The predicted octanol–water partition coefficient (Wildman–Crippen LogP) is 2.66. The summed E-state index contributed by atoms with van der Waals surface area (Å²) < 4.78 is 0. The fourth-order valence-electron chi connectivity index (χ4n) is 1.70. The highest BCUT2D eigenvalue weighted by molar-refractivity contribution is 5.85. The molecule has 0 saturated heterocycles. The van der Waals surface area contributed by atoms with Gasteiger partial charge >= 0.3 is 0 Å². The minimum atomic E-state index is -0.301. The van der Waals surface area contributed by atoms with Crippen LogP contribution in [-0.4, -0.2) is 23.0 Å². The van der Waals surface area contributed by atoms with Crippen LogP contribution < -0.4 is 11.1 Å². The average Bonchev–Trinajstić information content (AvgIpc) is 2.44. The van der Waals surface area contributed by atoms with Gasteiger partial charge in [-0.05, 0) is 31.4 Å². The van der Waals surface area contributed by atoms with Crippen LogP contribution in [0.5, 0.6) is 0 Å². The molecule has 1 rings (SSSR count). The molecule has 1 unspecified atom stereocenters. The van der Waals surface area contributed by atoms with Gasteiger partial charge < -0.3 is 11.1 Å². The van der Waals surface area contributed by atoms with Crippen LogP contribution in [0.1, 0.15) is 45.1 Å². The fraction of sp³-hybridized carbons (Fsp3) is 0.571. The molecule has 0 aliphatic rings. The van der Waals surface area contributed by atoms with Crippen LogP contribution in [0.3, 0.4) is 0 Å². The molecule has 1 heterocycles. The summed E-state index contributed by atoms with van der Waals surface area (Å²) in [5, 5.41) is 2.93. The topological polar surface area (TPSA) is 68.0 Å². The Kier molecular flexibility index (Phi) is 10.7. The Morgan fingerprint density at radius 3 is 2.45 bits per heavy atom. The van der Waals surface area contributed by atoms with Gasteiger partial charge in [0.05, 0.1) is 5.92 Å². The number of amides is 1. The zero-order chi connectivity index (χ0) is 13.6. The summed E-state index contributed by atoms with van der Waals surface area (Å²) in [6.45, 7) is 6.48. The predicted molar refractivity (Wildman–Crippen MR) is 87.7 cm³/mol. The quantitative estimate of drug-likeness (QED) is 0.846. The highest BCUT2D eigenvalue weighted by Gasteiger charge is 2.23. The summed E-state index contributed by atoms with van der Waals surface area (Å²) in [5.41, 5.74) is 6.78. The van der Waals surface area contributed by atoms with Gasteiger partial charge in [0, 0.05) is 24.5 Å². The Morgan fingerprint density at radius 1 is 1.40 bits per heavy atom. The van der Waals surface area contributed by atoms with Crippen LogP contribution in [0.4, 0.5) is 0 Å². The van der Waals surface area contributed by atoms with E-state index in [4.69, 9.17) is 5.73 Å². The van der Waals surface area contributed by atoms with E-state index in [1.54, 1.807) is 12.4 Å². The summed E-state index contributed by atoms with van der Waals surface area (Å²) in [7, 11) is 0. The second-order valence-corrected chi connectivity index (χ2v) is 4.80. The van der Waals surface area contributed by atoms with Crippen molar-refractivity contribution in [2.75, 3.05) is 6.54 Å². The van der Waals surface area contributed by atoms with Crippen molar-refractivity contribution in [3.63, 3.8) is 0 Å². The van der Waals surface area contributed by atoms with Gasteiger partial charge in [0.1, 0.15) is 0 Å². The monoisotopic (exact) mass is 321 g/mol. The molecule has 1 aromatic rings. The Hall–Kier alpha value is -0.840. The van der Waals surface area contributed by atoms with Gasteiger partial charge in [-0.2, -0.15) is 0 Å². The van der Waals surface area contributed by atoms with E-state index in [2.05, 4.69) is 10.3 Å². The number of aromatic nitrogens is 1. The summed E-state index contributed by atoms with van der Waals surface area (Å²) in [4.78, 5) is 16.1. The molecule has 0 aromatic carbocycles. The zero-order valence-corrected chi connectivity index (χ0v) is 13.9. The molecule has 6 heteroatoms. The Morgan fingerprint density at radius 2 is 2.00 bits per heavy atom. The van der Waals surface area contributed by atoms with Gasteiger partial charge in [-0.1, -0.05) is 19.9 Å². The Balaban J connectivity index is 0. The highest BCUT2D eigenvalue weighted by Crippen LogP contribution is 2.14. The summed E-state index contributed by atoms with van der Waals surface area (Å²) in [5.74, 6) is -0.198. The zero-order valence-electron chi connectivity index (χ0n) is 12.3. The van der Waals surface area contributed by atoms with Gasteiger partial charge in [0.25, 0.3) is 0 Å². The summed E-state index contributed by atoms with van der Waals surface area (Å²) >= 11 is 0. The molecule has 20 heavy (non-hydrogen) atoms. The van der Waals surface area contributed by atoms with Crippen molar-refractivity contribution in [2.24, 2.45) is 5.73 Å². The lowest BCUT2D eigenvalue weighted by atomic mass is 9.93. The normalized spacial score (nSPS) is 11.8. The van der Waals surface area contributed by atoms with Crippen LogP contribution >= 0.6 is 24.8 Å². The van der Waals surface area contributed by atoms with E-state index in [-0.39, 0.29) is 42.2 Å². The van der Waals surface area contributed by atoms with Crippen molar-refractivity contribution in [1.82, 2.24) is 10.3 Å². The van der Waals surface area contributed by atoms with Crippen LogP contribution in [-0.2, 0) is 4.79 Å². The number of carbonyl (C=O) groups is 1. The van der Waals surface area contributed by atoms with Gasteiger partial charge in [-0.15, -0.1) is 24.8 Å². The van der Waals surface area contributed by atoms with Gasteiger partial charge in [-0.3, -0.25) is 9.78 Å². The third-order valence-electron chi connectivity index (χ3n) is 3.60. The third kappa shape index (κ3) is 6.07. The molecule has 1 amide bonds. The number of nitrogens with zero attached hydrogens (tertiary/aromatic N) is 1. The molecule has 0 bridgehead atoms. The standard InChI is InChI=1S/C14H23N3O.2ClH/c1-4-14(15,5-2)10-17-13(18)11(3)12-7-6-8-16-9-12;;/h6-9,11H,4-5,10,15H2,1-3H3,(H,17,18);2*1H. The molecule has 1 aromatic heterocycles. The van der Waals surface area contributed by atoms with Crippen molar-refractivity contribution in [3.8, 4) is 0 Å². The van der Waals surface area contributed by atoms with Crippen molar-refractivity contribution in [1.29, 1.82) is 0 Å². The molecular weight excluding hydrogens is 297 g/mol. The molecule has 0 fully saturated rings. The summed E-state index contributed by atoms with van der Waals surface area (Å²) in [6.07, 6.45) is 5.13. The second kappa shape index (κ2) is 9.97. The van der Waals surface area contributed by atoms with Crippen molar-refractivity contribution in [2.45, 2.75) is 45.1 Å². The molecule has 0 aliphatic carbocycles. The molecular formula is C14H25Cl2N3O. The maximum Gasteiger partial charge on any atom is 0.227 e. The lowest BCUT2D eigenvalue weighted by Gasteiger charge is -2.27. The minimum Gasteiger partial charge on any atom is -0.354 e. The number of halogens is 2. The van der Waals surface area contributed by atoms with Gasteiger partial charge in [0.2, 0.25) is 5.91 Å². The number of hydrogen-bond acceptors (Lipinski definition) is 3. The smallest absolute Gasteiger partial charge is 0.227 e. The minimum absolute atomic E-state index is 0. The number of hydrogen-bond donors (Lipinski definition) is 2. The average molecular weight is 322 g/mol. The van der Waals surface area contributed by atoms with Crippen LogP contribution in [0.2, 0.25) is 0 Å². The number of nitrogens with two attached hydrogens (primary N) is 1. The number of carbonyl (C=O) groups excluding carboxylic acids is 1. The van der Waals surface area contributed by atoms with E-state index in [9.17, 15) is 4.79 Å². The van der Waals surface area contributed by atoms with E-state index in [0.29, 0.717) is 6.54 Å². The number of pyridine rings is 1. The van der Waals surface area contributed by atoms with Crippen LogP contribution in [0.25, 0.3) is 0 Å². The highest BCUT2D eigenvalue weighted by atomic mass is 35.5. The second-order valence-electron chi connectivity index (χ2n) is 4.80. The first-order chi connectivity index (χ1) is 8.52. The summed E-state index contributed by atoms with van der Waals surface area (Å²) in [6, 6.07) is 3.75. The molecule has 0 radical (unpaired) electrons. The van der Waals surface area contributed by atoms with Crippen molar-refractivity contribution >= 4 is 30.7 Å². The van der Waals surface area contributed by atoms with Gasteiger partial charge in [0.15, 0.2) is 0 Å². The first-order valence-corrected chi connectivity index (χ1v) is 6.49. The first kappa shape index (κ1) is 21.5. The van der Waals surface area contributed by atoms with E-state index in [1.165, 1.54) is 0 Å². The van der Waals surface area contributed by atoms with Crippen molar-refractivity contribution in [3.05, 3.63) is 30.1 Å². The molecule has 0 spiro atoms. The van der Waals surface area contributed by atoms with Crippen molar-refractivity contribution < 1.29 is 4.79 Å².